The molecule has 0 aromatic heterocycles. The third-order valence-corrected chi connectivity index (χ3v) is 6.69. The van der Waals surface area contributed by atoms with E-state index in [1.165, 1.54) is 12.1 Å². The van der Waals surface area contributed by atoms with E-state index in [1.54, 1.807) is 6.07 Å². The second kappa shape index (κ2) is 12.9. The van der Waals surface area contributed by atoms with E-state index in [4.69, 9.17) is 16.3 Å². The van der Waals surface area contributed by atoms with Gasteiger partial charge in [0.05, 0.1) is 24.2 Å². The molecule has 1 heterocycles. The first-order chi connectivity index (χ1) is 16.8. The van der Waals surface area contributed by atoms with Crippen molar-refractivity contribution in [2.45, 2.75) is 64.3 Å². The molecular formula is C27H34ClFN2O4. The molecule has 3 rings (SSSR count). The number of carbonyl (C=O) groups excluding carboxylic acids is 1. The van der Waals surface area contributed by atoms with Crippen LogP contribution in [0.1, 0.15) is 63.0 Å². The van der Waals surface area contributed by atoms with E-state index in [1.807, 2.05) is 25.1 Å². The Bertz CT molecular complexity index is 1030. The number of amides is 1. The molecule has 2 N–H and O–H groups in total. The number of rotatable bonds is 11. The number of halogens is 2. The summed E-state index contributed by atoms with van der Waals surface area (Å²) < 4.78 is 19.8. The Morgan fingerprint density at radius 1 is 1.20 bits per heavy atom. The number of nitrogens with one attached hydrogen (secondary N) is 1. The van der Waals surface area contributed by atoms with E-state index < -0.39 is 11.8 Å². The number of carbonyl (C=O) groups is 2. The van der Waals surface area contributed by atoms with Gasteiger partial charge < -0.3 is 20.1 Å². The van der Waals surface area contributed by atoms with Crippen LogP contribution in [0.5, 0.6) is 0 Å². The van der Waals surface area contributed by atoms with Crippen LogP contribution in [0.2, 0.25) is 5.02 Å². The highest BCUT2D eigenvalue weighted by molar-refractivity contribution is 6.30. The Morgan fingerprint density at radius 2 is 1.94 bits per heavy atom. The highest BCUT2D eigenvalue weighted by Gasteiger charge is 2.25. The van der Waals surface area contributed by atoms with E-state index in [-0.39, 0.29) is 41.3 Å². The summed E-state index contributed by atoms with van der Waals surface area (Å²) in [6.07, 6.45) is 3.25. The zero-order valence-electron chi connectivity index (χ0n) is 20.4. The molecule has 0 saturated carbocycles. The van der Waals surface area contributed by atoms with Gasteiger partial charge >= 0.3 is 5.97 Å². The molecule has 0 radical (unpaired) electrons. The fourth-order valence-corrected chi connectivity index (χ4v) is 4.80. The van der Waals surface area contributed by atoms with Crippen LogP contribution in [0.3, 0.4) is 0 Å². The maximum atomic E-state index is 14.3. The van der Waals surface area contributed by atoms with Gasteiger partial charge in [0.15, 0.2) is 0 Å². The number of ether oxygens (including phenoxy) is 1. The maximum absolute atomic E-state index is 14.3. The number of anilines is 2. The van der Waals surface area contributed by atoms with Crippen molar-refractivity contribution in [3.05, 3.63) is 58.4 Å². The molecule has 1 fully saturated rings. The van der Waals surface area contributed by atoms with Crippen molar-refractivity contribution in [3.8, 4) is 0 Å². The van der Waals surface area contributed by atoms with Crippen LogP contribution in [-0.4, -0.2) is 42.8 Å². The Labute approximate surface area is 211 Å². The van der Waals surface area contributed by atoms with Crippen LogP contribution in [0.25, 0.3) is 0 Å². The topological polar surface area (TPSA) is 78.9 Å². The van der Waals surface area contributed by atoms with Gasteiger partial charge in [0, 0.05) is 30.8 Å². The maximum Gasteiger partial charge on any atom is 0.303 e. The molecular weight excluding hydrogens is 471 g/mol. The molecule has 0 aliphatic carbocycles. The lowest BCUT2D eigenvalue weighted by Crippen LogP contribution is -2.40. The summed E-state index contributed by atoms with van der Waals surface area (Å²) in [5.74, 6) is -1.91. The number of carboxylic acid groups (broad SMARTS) is 1. The molecule has 190 valence electrons. The van der Waals surface area contributed by atoms with Gasteiger partial charge in [-0.3, -0.25) is 9.59 Å². The van der Waals surface area contributed by atoms with Gasteiger partial charge in [-0.2, -0.15) is 0 Å². The number of carboxylic acids is 1. The molecule has 0 unspecified atom stereocenters. The quantitative estimate of drug-likeness (QED) is 0.391. The van der Waals surface area contributed by atoms with Crippen LogP contribution in [0.4, 0.5) is 15.8 Å². The molecule has 1 atom stereocenters. The lowest BCUT2D eigenvalue weighted by molar-refractivity contribution is -0.137. The lowest BCUT2D eigenvalue weighted by atomic mass is 9.92. The molecule has 35 heavy (non-hydrogen) atoms. The zero-order chi connectivity index (χ0) is 25.4. The van der Waals surface area contributed by atoms with E-state index >= 15 is 0 Å². The van der Waals surface area contributed by atoms with Gasteiger partial charge in [-0.25, -0.2) is 4.39 Å². The van der Waals surface area contributed by atoms with Crippen molar-refractivity contribution in [3.63, 3.8) is 0 Å². The SMILES string of the molecule is CCCN(c1ccc([C@H](CC)CC(=O)O)cc1NC(=O)Cc1ccc(Cl)cc1F)C1CCOCC1. The molecule has 2 aromatic carbocycles. The molecule has 1 aliphatic heterocycles. The van der Waals surface area contributed by atoms with Crippen molar-refractivity contribution >= 4 is 34.9 Å². The van der Waals surface area contributed by atoms with Crippen molar-refractivity contribution in [2.75, 3.05) is 30.0 Å². The zero-order valence-corrected chi connectivity index (χ0v) is 21.1. The highest BCUT2D eigenvalue weighted by atomic mass is 35.5. The largest absolute Gasteiger partial charge is 0.481 e. The number of nitrogens with zero attached hydrogens (tertiary/aromatic N) is 1. The Kier molecular flexibility index (Phi) is 9.93. The third-order valence-electron chi connectivity index (χ3n) is 6.45. The second-order valence-corrected chi connectivity index (χ2v) is 9.41. The van der Waals surface area contributed by atoms with Crippen molar-refractivity contribution in [1.29, 1.82) is 0 Å². The van der Waals surface area contributed by atoms with Crippen LogP contribution >= 0.6 is 11.6 Å². The van der Waals surface area contributed by atoms with Gasteiger partial charge in [-0.15, -0.1) is 0 Å². The molecule has 8 heteroatoms. The van der Waals surface area contributed by atoms with Crippen LogP contribution in [-0.2, 0) is 20.7 Å². The molecule has 0 spiro atoms. The first kappa shape index (κ1) is 27.0. The minimum atomic E-state index is -0.862. The second-order valence-electron chi connectivity index (χ2n) is 8.98. The predicted octanol–water partition coefficient (Wildman–Crippen LogP) is 6.02. The standard InChI is InChI=1S/C27H34ClFN2O4/c1-3-11-31(22-9-12-35-13-10-22)25-8-6-19(18(4-2)16-27(33)34)14-24(25)30-26(32)15-20-5-7-21(28)17-23(20)29/h5-8,14,17-18,22H,3-4,9-13,15-16H2,1-2H3,(H,30,32)(H,33,34)/t18-/m1/s1. The average Bonchev–Trinajstić information content (AvgIpc) is 2.83. The summed E-state index contributed by atoms with van der Waals surface area (Å²) in [6.45, 7) is 6.26. The average molecular weight is 505 g/mol. The van der Waals surface area contributed by atoms with Crippen molar-refractivity contribution in [1.82, 2.24) is 0 Å². The minimum Gasteiger partial charge on any atom is -0.481 e. The Balaban J connectivity index is 1.95. The molecule has 2 aromatic rings. The van der Waals surface area contributed by atoms with E-state index in [2.05, 4.69) is 17.1 Å². The van der Waals surface area contributed by atoms with Gasteiger partial charge in [0.25, 0.3) is 0 Å². The van der Waals surface area contributed by atoms with Gasteiger partial charge in [0.2, 0.25) is 5.91 Å². The number of aliphatic carboxylic acids is 1. The summed E-state index contributed by atoms with van der Waals surface area (Å²) in [6, 6.07) is 10.4. The fourth-order valence-electron chi connectivity index (χ4n) is 4.64. The molecule has 1 saturated heterocycles. The summed E-state index contributed by atoms with van der Waals surface area (Å²) in [4.78, 5) is 26.7. The van der Waals surface area contributed by atoms with E-state index in [0.717, 1.165) is 37.1 Å². The summed E-state index contributed by atoms with van der Waals surface area (Å²) >= 11 is 5.84. The normalized spacial score (nSPS) is 15.0. The minimum absolute atomic E-state index is 0.0118. The van der Waals surface area contributed by atoms with Gasteiger partial charge in [-0.1, -0.05) is 37.6 Å². The lowest BCUT2D eigenvalue weighted by Gasteiger charge is -2.37. The number of hydrogen-bond acceptors (Lipinski definition) is 4. The Hall–Kier alpha value is -2.64. The van der Waals surface area contributed by atoms with Crippen LogP contribution < -0.4 is 10.2 Å². The fraction of sp³-hybridized carbons (Fsp3) is 0.481. The highest BCUT2D eigenvalue weighted by Crippen LogP contribution is 2.35. The van der Waals surface area contributed by atoms with Crippen molar-refractivity contribution in [2.24, 2.45) is 0 Å². The summed E-state index contributed by atoms with van der Waals surface area (Å²) in [5.41, 5.74) is 2.62. The summed E-state index contributed by atoms with van der Waals surface area (Å²) in [7, 11) is 0. The van der Waals surface area contributed by atoms with E-state index in [0.29, 0.717) is 25.3 Å². The Morgan fingerprint density at radius 3 is 2.57 bits per heavy atom. The number of hydrogen-bond donors (Lipinski definition) is 2. The molecule has 6 nitrogen and oxygen atoms in total. The van der Waals surface area contributed by atoms with Gasteiger partial charge in [0.1, 0.15) is 5.82 Å². The summed E-state index contributed by atoms with van der Waals surface area (Å²) in [5, 5.41) is 12.6. The molecule has 0 bridgehead atoms. The van der Waals surface area contributed by atoms with E-state index in [9.17, 15) is 19.1 Å². The monoisotopic (exact) mass is 504 g/mol. The first-order valence-electron chi connectivity index (χ1n) is 12.3. The smallest absolute Gasteiger partial charge is 0.303 e. The van der Waals surface area contributed by atoms with Crippen molar-refractivity contribution < 1.29 is 23.8 Å². The number of benzene rings is 2. The predicted molar refractivity (Wildman–Crippen MR) is 137 cm³/mol. The molecule has 1 amide bonds. The first-order valence-corrected chi connectivity index (χ1v) is 12.6. The van der Waals surface area contributed by atoms with Crippen LogP contribution in [0.15, 0.2) is 36.4 Å². The van der Waals surface area contributed by atoms with Crippen LogP contribution in [0, 0.1) is 5.82 Å². The third kappa shape index (κ3) is 7.42. The molecule has 1 aliphatic rings. The van der Waals surface area contributed by atoms with Gasteiger partial charge in [-0.05, 0) is 67.0 Å².